The van der Waals surface area contributed by atoms with Crippen LogP contribution < -0.4 is 14.5 Å². The summed E-state index contributed by atoms with van der Waals surface area (Å²) in [5.74, 6) is 2.16. The number of nitrogens with zero attached hydrogens (tertiary/aromatic N) is 4. The van der Waals surface area contributed by atoms with Gasteiger partial charge in [-0.1, -0.05) is 183 Å². The fraction of sp³-hybridized carbons (Fsp3) is 0.185. The molecule has 0 spiro atoms. The molecular formula is C65H60N4O. The highest BCUT2D eigenvalue weighted by Gasteiger charge is 2.32. The van der Waals surface area contributed by atoms with Gasteiger partial charge in [0, 0.05) is 51.3 Å². The Labute approximate surface area is 420 Å². The second-order valence-electron chi connectivity index (χ2n) is 21.0. The number of fused-ring (bicyclic) bond motifs is 4. The van der Waals surface area contributed by atoms with Crippen molar-refractivity contribution in [1.82, 2.24) is 9.55 Å². The fourth-order valence-electron chi connectivity index (χ4n) is 10.0. The van der Waals surface area contributed by atoms with E-state index in [9.17, 15) is 0 Å². The van der Waals surface area contributed by atoms with Gasteiger partial charge in [-0.15, -0.1) is 0 Å². The van der Waals surface area contributed by atoms with E-state index in [2.05, 4.69) is 197 Å². The van der Waals surface area contributed by atoms with E-state index in [4.69, 9.17) is 16.6 Å². The van der Waals surface area contributed by atoms with Crippen LogP contribution in [0.3, 0.4) is 0 Å². The number of anilines is 4. The molecule has 0 unspecified atom stereocenters. The summed E-state index contributed by atoms with van der Waals surface area (Å²) in [5.41, 5.74) is 12.4. The molecule has 0 amide bonds. The highest BCUT2D eigenvalue weighted by Crippen LogP contribution is 2.51. The summed E-state index contributed by atoms with van der Waals surface area (Å²) >= 11 is 0. The van der Waals surface area contributed by atoms with Crippen LogP contribution in [0.2, 0.25) is 0 Å². The first kappa shape index (κ1) is 39.0. The Morgan fingerprint density at radius 3 is 1.90 bits per heavy atom. The molecule has 2 aromatic heterocycles. The van der Waals surface area contributed by atoms with Gasteiger partial charge in [0.15, 0.2) is 0 Å². The van der Waals surface area contributed by atoms with E-state index < -0.39 is 6.04 Å². The lowest BCUT2D eigenvalue weighted by molar-refractivity contribution is 0.483. The van der Waals surface area contributed by atoms with Gasteiger partial charge >= 0.3 is 0 Å². The number of aromatic nitrogens is 2. The van der Waals surface area contributed by atoms with Gasteiger partial charge in [-0.2, -0.15) is 0 Å². The molecule has 70 heavy (non-hydrogen) atoms. The number of rotatable bonds is 9. The van der Waals surface area contributed by atoms with Crippen molar-refractivity contribution in [2.75, 3.05) is 16.5 Å². The predicted octanol–water partition coefficient (Wildman–Crippen LogP) is 17.5. The monoisotopic (exact) mass is 918 g/mol. The topological polar surface area (TPSA) is 33.5 Å². The standard InChI is InChI=1S/C65H60N4O/c1-63(2,3)47-25-17-22-45(38-47)54-29-19-28-53(44-20-11-9-12-21-44)62(54)68-43-67(58-30-15-16-31-59(58)68)50-26-18-27-51(41-50)70-52-33-34-55-56-39-48(64(4,5)6)32-35-57(56)69(60(55)42-52)61-40-49(36-37-66-61)65(7,8)46-23-13-10-14-24-46/h9-42H,43H2,1-8H3/i9D,11D,12D,20D,21D. The minimum Gasteiger partial charge on any atom is -0.457 e. The number of pyridine rings is 1. The fourth-order valence-corrected chi connectivity index (χ4v) is 10.0. The summed E-state index contributed by atoms with van der Waals surface area (Å²) < 4.78 is 53.3. The Balaban J connectivity index is 1.01. The molecule has 0 fully saturated rings. The molecule has 0 atom stereocenters. The van der Waals surface area contributed by atoms with E-state index in [-0.39, 0.29) is 46.0 Å². The first-order chi connectivity index (χ1) is 35.8. The van der Waals surface area contributed by atoms with E-state index >= 15 is 0 Å². The van der Waals surface area contributed by atoms with E-state index in [1.54, 1.807) is 0 Å². The van der Waals surface area contributed by atoms with Gasteiger partial charge < -0.3 is 14.5 Å². The predicted molar refractivity (Wildman–Crippen MR) is 294 cm³/mol. The number of para-hydroxylation sites is 3. The maximum absolute atomic E-state index is 9.17. The molecule has 11 rings (SSSR count). The molecule has 0 N–H and O–H groups in total. The smallest absolute Gasteiger partial charge is 0.137 e. The highest BCUT2D eigenvalue weighted by atomic mass is 16.5. The van der Waals surface area contributed by atoms with Crippen LogP contribution in [0.1, 0.15) is 84.5 Å². The van der Waals surface area contributed by atoms with Crippen molar-refractivity contribution in [3.8, 4) is 39.6 Å². The van der Waals surface area contributed by atoms with Crippen molar-refractivity contribution >= 4 is 44.6 Å². The molecule has 0 saturated heterocycles. The van der Waals surface area contributed by atoms with E-state index in [1.165, 1.54) is 11.1 Å². The second kappa shape index (κ2) is 17.3. The molecule has 0 aliphatic carbocycles. The molecule has 1 aliphatic heterocycles. The SMILES string of the molecule is [2H]c1c([2H])c([2H])c(-c2cccc(-c3cccc(C(C)(C)C)c3)c2N2CN(c3cccc(Oc4ccc5c6cc(C(C)(C)C)ccc6n(-c6cc(C(C)(C)c7ccccc7)ccn6)c5c4)c3)c3ccccc32)c([2H])c1[2H]. The molecule has 1 aliphatic rings. The van der Waals surface area contributed by atoms with Crippen molar-refractivity contribution in [3.05, 3.63) is 229 Å². The first-order valence-corrected chi connectivity index (χ1v) is 24.1. The Kier molecular flexibility index (Phi) is 9.62. The summed E-state index contributed by atoms with van der Waals surface area (Å²) in [6, 6.07) is 57.0. The van der Waals surface area contributed by atoms with Gasteiger partial charge in [0.2, 0.25) is 0 Å². The molecule has 346 valence electrons. The van der Waals surface area contributed by atoms with E-state index in [1.807, 2.05) is 48.7 Å². The van der Waals surface area contributed by atoms with Crippen molar-refractivity contribution in [2.24, 2.45) is 0 Å². The minimum atomic E-state index is -0.424. The lowest BCUT2D eigenvalue weighted by Gasteiger charge is -2.28. The van der Waals surface area contributed by atoms with Crippen molar-refractivity contribution in [1.29, 1.82) is 0 Å². The molecule has 5 nitrogen and oxygen atoms in total. The lowest BCUT2D eigenvalue weighted by atomic mass is 9.78. The number of benzene rings is 8. The molecule has 0 saturated carbocycles. The Bertz CT molecular complexity index is 3840. The van der Waals surface area contributed by atoms with E-state index in [0.29, 0.717) is 23.7 Å². The summed E-state index contributed by atoms with van der Waals surface area (Å²) in [6.07, 6.45) is 1.92. The zero-order valence-corrected chi connectivity index (χ0v) is 41.1. The molecule has 3 heterocycles. The largest absolute Gasteiger partial charge is 0.457 e. The summed E-state index contributed by atoms with van der Waals surface area (Å²) in [7, 11) is 0. The van der Waals surface area contributed by atoms with Crippen LogP contribution in [0.4, 0.5) is 22.7 Å². The average Bonchev–Trinajstić information content (AvgIpc) is 3.97. The van der Waals surface area contributed by atoms with Gasteiger partial charge in [0.25, 0.3) is 0 Å². The molecule has 8 aromatic carbocycles. The van der Waals surface area contributed by atoms with Crippen molar-refractivity contribution in [2.45, 2.75) is 71.6 Å². The third-order valence-electron chi connectivity index (χ3n) is 14.0. The summed E-state index contributed by atoms with van der Waals surface area (Å²) in [5, 5.41) is 2.25. The number of hydrogen-bond donors (Lipinski definition) is 0. The Morgan fingerprint density at radius 1 is 0.486 bits per heavy atom. The van der Waals surface area contributed by atoms with Gasteiger partial charge in [-0.05, 0) is 105 Å². The molecule has 0 radical (unpaired) electrons. The molecule has 10 aromatic rings. The Morgan fingerprint density at radius 2 is 1.14 bits per heavy atom. The van der Waals surface area contributed by atoms with Gasteiger partial charge in [0.05, 0.1) is 34.9 Å². The van der Waals surface area contributed by atoms with E-state index in [0.717, 1.165) is 72.6 Å². The van der Waals surface area contributed by atoms with Crippen LogP contribution in [0.15, 0.2) is 206 Å². The molecule has 5 heteroatoms. The first-order valence-electron chi connectivity index (χ1n) is 26.6. The minimum absolute atomic E-state index is 0.0461. The lowest BCUT2D eigenvalue weighted by Crippen LogP contribution is -2.25. The van der Waals surface area contributed by atoms with Gasteiger partial charge in [0.1, 0.15) is 24.0 Å². The summed E-state index contributed by atoms with van der Waals surface area (Å²) in [6.45, 7) is 18.2. The maximum Gasteiger partial charge on any atom is 0.137 e. The van der Waals surface area contributed by atoms with Crippen LogP contribution in [0.5, 0.6) is 11.5 Å². The van der Waals surface area contributed by atoms with Crippen LogP contribution in [-0.4, -0.2) is 16.2 Å². The second-order valence-corrected chi connectivity index (χ2v) is 21.0. The normalized spacial score (nSPS) is 14.0. The quantitative estimate of drug-likeness (QED) is 0.144. The van der Waals surface area contributed by atoms with Crippen LogP contribution in [0, 0.1) is 0 Å². The zero-order chi connectivity index (χ0) is 52.7. The molecule has 0 bridgehead atoms. The maximum atomic E-state index is 9.17. The summed E-state index contributed by atoms with van der Waals surface area (Å²) in [4.78, 5) is 9.47. The van der Waals surface area contributed by atoms with Crippen LogP contribution in [-0.2, 0) is 16.2 Å². The van der Waals surface area contributed by atoms with Crippen LogP contribution in [0.25, 0.3) is 49.9 Å². The third kappa shape index (κ3) is 8.09. The zero-order valence-electron chi connectivity index (χ0n) is 46.1. The van der Waals surface area contributed by atoms with Crippen molar-refractivity contribution < 1.29 is 11.6 Å². The Hall–Kier alpha value is -7.89. The van der Waals surface area contributed by atoms with Gasteiger partial charge in [-0.25, -0.2) is 4.98 Å². The molecular weight excluding hydrogens is 853 g/mol. The highest BCUT2D eigenvalue weighted by molar-refractivity contribution is 6.10. The van der Waals surface area contributed by atoms with Crippen molar-refractivity contribution in [3.63, 3.8) is 0 Å². The number of hydrogen-bond acceptors (Lipinski definition) is 4. The van der Waals surface area contributed by atoms with Crippen LogP contribution >= 0.6 is 0 Å². The average molecular weight is 918 g/mol. The number of ether oxygens (including phenoxy) is 1. The third-order valence-corrected chi connectivity index (χ3v) is 14.0. The van der Waals surface area contributed by atoms with Gasteiger partial charge in [-0.3, -0.25) is 4.57 Å².